The van der Waals surface area contributed by atoms with Gasteiger partial charge in [-0.05, 0) is 54.1 Å². The maximum Gasteiger partial charge on any atom is 0.119 e. The number of benzene rings is 3. The van der Waals surface area contributed by atoms with Crippen LogP contribution in [0, 0.1) is 6.92 Å². The highest BCUT2D eigenvalue weighted by atomic mass is 16.5. The Morgan fingerprint density at radius 3 is 2.15 bits per heavy atom. The van der Waals surface area contributed by atoms with E-state index in [0.717, 1.165) is 17.1 Å². The molecule has 3 aromatic rings. The molecule has 0 atom stereocenters. The molecule has 0 unspecified atom stereocenters. The fourth-order valence-corrected chi connectivity index (χ4v) is 2.23. The van der Waals surface area contributed by atoms with Crippen LogP contribution in [0.2, 0.25) is 0 Å². The minimum Gasteiger partial charge on any atom is -0.497 e. The van der Waals surface area contributed by atoms with Gasteiger partial charge in [-0.1, -0.05) is 29.8 Å². The maximum absolute atomic E-state index is 5.24. The first-order valence-corrected chi connectivity index (χ1v) is 6.66. The summed E-state index contributed by atoms with van der Waals surface area (Å²) in [6.07, 6.45) is 0. The molecule has 20 heavy (non-hydrogen) atoms. The highest BCUT2D eigenvalue weighted by Gasteiger charge is 1.99. The number of nitrogens with one attached hydrogen (secondary N) is 1. The van der Waals surface area contributed by atoms with Crippen molar-refractivity contribution in [3.63, 3.8) is 0 Å². The van der Waals surface area contributed by atoms with E-state index in [0.29, 0.717) is 0 Å². The highest BCUT2D eigenvalue weighted by Crippen LogP contribution is 2.25. The van der Waals surface area contributed by atoms with E-state index < -0.39 is 0 Å². The van der Waals surface area contributed by atoms with Crippen LogP contribution >= 0.6 is 0 Å². The van der Waals surface area contributed by atoms with E-state index in [1.807, 2.05) is 12.1 Å². The fourth-order valence-electron chi connectivity index (χ4n) is 2.23. The van der Waals surface area contributed by atoms with Gasteiger partial charge in [0, 0.05) is 11.4 Å². The molecule has 0 radical (unpaired) electrons. The van der Waals surface area contributed by atoms with Crippen molar-refractivity contribution in [3.8, 4) is 5.75 Å². The van der Waals surface area contributed by atoms with Crippen molar-refractivity contribution in [2.45, 2.75) is 6.92 Å². The zero-order valence-electron chi connectivity index (χ0n) is 11.7. The molecule has 0 aliphatic rings. The summed E-state index contributed by atoms with van der Waals surface area (Å²) < 4.78 is 5.24. The number of aryl methyl sites for hydroxylation is 1. The van der Waals surface area contributed by atoms with Gasteiger partial charge in [0.2, 0.25) is 0 Å². The molecule has 0 saturated carbocycles. The lowest BCUT2D eigenvalue weighted by Crippen LogP contribution is -1.90. The van der Waals surface area contributed by atoms with Gasteiger partial charge >= 0.3 is 0 Å². The molecule has 0 spiro atoms. The number of methoxy groups -OCH3 is 1. The lowest BCUT2D eigenvalue weighted by atomic mass is 10.1. The van der Waals surface area contributed by atoms with Gasteiger partial charge in [-0.15, -0.1) is 0 Å². The average Bonchev–Trinajstić information content (AvgIpc) is 2.49. The van der Waals surface area contributed by atoms with Gasteiger partial charge in [0.15, 0.2) is 0 Å². The molecule has 0 fully saturated rings. The molecule has 100 valence electrons. The van der Waals surface area contributed by atoms with E-state index in [1.165, 1.54) is 16.3 Å². The third-order valence-corrected chi connectivity index (χ3v) is 3.39. The quantitative estimate of drug-likeness (QED) is 0.725. The van der Waals surface area contributed by atoms with Crippen molar-refractivity contribution in [1.29, 1.82) is 0 Å². The Hall–Kier alpha value is -2.48. The molecule has 0 heterocycles. The molecular formula is C18H17NO. The van der Waals surface area contributed by atoms with Crippen molar-refractivity contribution >= 4 is 22.1 Å². The number of ether oxygens (including phenoxy) is 1. The van der Waals surface area contributed by atoms with Crippen molar-refractivity contribution < 1.29 is 4.74 Å². The van der Waals surface area contributed by atoms with E-state index >= 15 is 0 Å². The summed E-state index contributed by atoms with van der Waals surface area (Å²) in [5.74, 6) is 0.886. The Labute approximate surface area is 119 Å². The Balaban J connectivity index is 1.90. The fraction of sp³-hybridized carbons (Fsp3) is 0.111. The van der Waals surface area contributed by atoms with Crippen molar-refractivity contribution in [1.82, 2.24) is 0 Å². The summed E-state index contributed by atoms with van der Waals surface area (Å²) in [5, 5.41) is 5.80. The molecule has 3 aromatic carbocycles. The molecule has 1 N–H and O–H groups in total. The van der Waals surface area contributed by atoms with Gasteiger partial charge < -0.3 is 10.1 Å². The van der Waals surface area contributed by atoms with E-state index in [1.54, 1.807) is 7.11 Å². The monoisotopic (exact) mass is 263 g/mol. The summed E-state index contributed by atoms with van der Waals surface area (Å²) >= 11 is 0. The molecule has 3 rings (SSSR count). The lowest BCUT2D eigenvalue weighted by molar-refractivity contribution is 0.415. The molecule has 0 saturated heterocycles. The maximum atomic E-state index is 5.24. The molecule has 2 heteroatoms. The van der Waals surface area contributed by atoms with Gasteiger partial charge in [0.25, 0.3) is 0 Å². The van der Waals surface area contributed by atoms with E-state index in [-0.39, 0.29) is 0 Å². The van der Waals surface area contributed by atoms with Crippen LogP contribution in [0.1, 0.15) is 5.56 Å². The third kappa shape index (κ3) is 2.59. The lowest BCUT2D eigenvalue weighted by Gasteiger charge is -2.09. The molecule has 2 nitrogen and oxygen atoms in total. The summed E-state index contributed by atoms with van der Waals surface area (Å²) in [6.45, 7) is 2.09. The first-order valence-electron chi connectivity index (χ1n) is 6.66. The largest absolute Gasteiger partial charge is 0.497 e. The number of anilines is 2. The minimum atomic E-state index is 0.886. The molecule has 0 aliphatic carbocycles. The van der Waals surface area contributed by atoms with Crippen molar-refractivity contribution in [3.05, 3.63) is 66.2 Å². The molecule has 0 amide bonds. The van der Waals surface area contributed by atoms with Crippen LogP contribution in [0.5, 0.6) is 5.75 Å². The van der Waals surface area contributed by atoms with Gasteiger partial charge in [-0.25, -0.2) is 0 Å². The van der Waals surface area contributed by atoms with Crippen LogP contribution in [-0.2, 0) is 0 Å². The first kappa shape index (κ1) is 12.5. The van der Waals surface area contributed by atoms with E-state index in [9.17, 15) is 0 Å². The topological polar surface area (TPSA) is 21.3 Å². The van der Waals surface area contributed by atoms with Crippen LogP contribution in [-0.4, -0.2) is 7.11 Å². The Bertz CT molecular complexity index is 732. The van der Waals surface area contributed by atoms with E-state index in [2.05, 4.69) is 60.8 Å². The summed E-state index contributed by atoms with van der Waals surface area (Å²) in [4.78, 5) is 0. The summed E-state index contributed by atoms with van der Waals surface area (Å²) in [7, 11) is 1.69. The normalized spacial score (nSPS) is 10.5. The molecule has 0 aliphatic heterocycles. The standard InChI is InChI=1S/C18H17NO/c1-13-3-7-16(8-4-13)19-17-9-5-15-12-18(20-2)10-6-14(15)11-17/h3-12,19H,1-2H3. The van der Waals surface area contributed by atoms with Gasteiger partial charge in [-0.2, -0.15) is 0 Å². The zero-order chi connectivity index (χ0) is 13.9. The van der Waals surface area contributed by atoms with Crippen LogP contribution in [0.15, 0.2) is 60.7 Å². The SMILES string of the molecule is COc1ccc2cc(Nc3ccc(C)cc3)ccc2c1. The predicted molar refractivity (Wildman–Crippen MR) is 85.0 cm³/mol. The number of fused-ring (bicyclic) bond motifs is 1. The van der Waals surface area contributed by atoms with Gasteiger partial charge in [0.1, 0.15) is 5.75 Å². The van der Waals surface area contributed by atoms with Gasteiger partial charge in [-0.3, -0.25) is 0 Å². The minimum absolute atomic E-state index is 0.886. The summed E-state index contributed by atoms with van der Waals surface area (Å²) in [5.41, 5.74) is 3.45. The van der Waals surface area contributed by atoms with Crippen LogP contribution in [0.3, 0.4) is 0 Å². The second kappa shape index (κ2) is 5.25. The van der Waals surface area contributed by atoms with E-state index in [4.69, 9.17) is 4.74 Å². The molecule has 0 aromatic heterocycles. The highest BCUT2D eigenvalue weighted by molar-refractivity contribution is 5.87. The van der Waals surface area contributed by atoms with Crippen molar-refractivity contribution in [2.75, 3.05) is 12.4 Å². The second-order valence-electron chi connectivity index (χ2n) is 4.92. The second-order valence-corrected chi connectivity index (χ2v) is 4.92. The summed E-state index contributed by atoms with van der Waals surface area (Å²) in [6, 6.07) is 20.8. The number of hydrogen-bond donors (Lipinski definition) is 1. The van der Waals surface area contributed by atoms with Gasteiger partial charge in [0.05, 0.1) is 7.11 Å². The van der Waals surface area contributed by atoms with Crippen LogP contribution in [0.25, 0.3) is 10.8 Å². The molecule has 0 bridgehead atoms. The predicted octanol–water partition coefficient (Wildman–Crippen LogP) is 4.90. The number of rotatable bonds is 3. The Morgan fingerprint density at radius 2 is 1.40 bits per heavy atom. The zero-order valence-corrected chi connectivity index (χ0v) is 11.7. The number of hydrogen-bond acceptors (Lipinski definition) is 2. The third-order valence-electron chi connectivity index (χ3n) is 3.39. The van der Waals surface area contributed by atoms with Crippen molar-refractivity contribution in [2.24, 2.45) is 0 Å². The molecular weight excluding hydrogens is 246 g/mol. The average molecular weight is 263 g/mol. The first-order chi connectivity index (χ1) is 9.74. The Morgan fingerprint density at radius 1 is 0.750 bits per heavy atom. The van der Waals surface area contributed by atoms with Crippen LogP contribution in [0.4, 0.5) is 11.4 Å². The van der Waals surface area contributed by atoms with Crippen LogP contribution < -0.4 is 10.1 Å². The Kier molecular flexibility index (Phi) is 3.30. The smallest absolute Gasteiger partial charge is 0.119 e.